The van der Waals surface area contributed by atoms with Gasteiger partial charge in [0.1, 0.15) is 17.4 Å². The zero-order valence-electron chi connectivity index (χ0n) is 14.8. The Morgan fingerprint density at radius 1 is 1.37 bits per heavy atom. The number of hydrogen-bond donors (Lipinski definition) is 1. The molecular formula is C19H20N2O6. The summed E-state index contributed by atoms with van der Waals surface area (Å²) >= 11 is 0. The molecule has 1 saturated heterocycles. The van der Waals surface area contributed by atoms with Crippen molar-refractivity contribution in [2.75, 3.05) is 11.5 Å². The molecule has 0 aliphatic carbocycles. The van der Waals surface area contributed by atoms with Crippen LogP contribution in [0.4, 0.5) is 11.7 Å². The number of carboxylic acids is 1. The van der Waals surface area contributed by atoms with E-state index in [9.17, 15) is 14.7 Å². The van der Waals surface area contributed by atoms with Gasteiger partial charge in [0.2, 0.25) is 0 Å². The Morgan fingerprint density at radius 2 is 2.22 bits per heavy atom. The van der Waals surface area contributed by atoms with Crippen molar-refractivity contribution in [3.05, 3.63) is 35.7 Å². The minimum atomic E-state index is -1.13. The van der Waals surface area contributed by atoms with Gasteiger partial charge in [-0.1, -0.05) is 6.07 Å². The first-order chi connectivity index (χ1) is 13.1. The van der Waals surface area contributed by atoms with E-state index in [4.69, 9.17) is 13.9 Å². The van der Waals surface area contributed by atoms with Crippen LogP contribution in [-0.2, 0) is 9.53 Å². The Labute approximate surface area is 155 Å². The Kier molecular flexibility index (Phi) is 4.57. The highest BCUT2D eigenvalue weighted by molar-refractivity contribution is 5.94. The van der Waals surface area contributed by atoms with Gasteiger partial charge in [-0.25, -0.2) is 9.78 Å². The van der Waals surface area contributed by atoms with Crippen LogP contribution in [0.25, 0.3) is 0 Å². The van der Waals surface area contributed by atoms with Crippen LogP contribution in [-0.4, -0.2) is 47.2 Å². The molecule has 0 radical (unpaired) electrons. The first-order valence-corrected chi connectivity index (χ1v) is 8.91. The number of hydrogen-bond acceptors (Lipinski definition) is 7. The third-order valence-corrected chi connectivity index (χ3v) is 4.92. The van der Waals surface area contributed by atoms with E-state index in [2.05, 4.69) is 4.98 Å². The minimum Gasteiger partial charge on any atom is -0.478 e. The predicted molar refractivity (Wildman–Crippen MR) is 94.6 cm³/mol. The second-order valence-electron chi connectivity index (χ2n) is 6.70. The molecule has 142 valence electrons. The van der Waals surface area contributed by atoms with E-state index in [1.807, 2.05) is 0 Å². The molecule has 3 atom stereocenters. The molecule has 2 aliphatic heterocycles. The van der Waals surface area contributed by atoms with Crippen molar-refractivity contribution in [2.45, 2.75) is 44.4 Å². The van der Waals surface area contributed by atoms with Crippen LogP contribution in [0.5, 0.6) is 5.75 Å². The number of ether oxygens (including phenoxy) is 2. The highest BCUT2D eigenvalue weighted by Gasteiger charge is 2.45. The smallest absolute Gasteiger partial charge is 0.339 e. The Morgan fingerprint density at radius 3 is 2.85 bits per heavy atom. The van der Waals surface area contributed by atoms with Crippen molar-refractivity contribution in [3.8, 4) is 5.75 Å². The van der Waals surface area contributed by atoms with Gasteiger partial charge in [0, 0.05) is 6.61 Å². The number of carbonyl (C=O) groups excluding carboxylic acids is 1. The van der Waals surface area contributed by atoms with E-state index < -0.39 is 18.1 Å². The molecule has 2 aliphatic rings. The van der Waals surface area contributed by atoms with Crippen molar-refractivity contribution >= 4 is 24.0 Å². The fourth-order valence-corrected chi connectivity index (χ4v) is 3.73. The van der Waals surface area contributed by atoms with Crippen LogP contribution >= 0.6 is 0 Å². The van der Waals surface area contributed by atoms with Crippen LogP contribution in [0.3, 0.4) is 0 Å². The topological polar surface area (TPSA) is 102 Å². The zero-order chi connectivity index (χ0) is 19.0. The van der Waals surface area contributed by atoms with Gasteiger partial charge in [0.25, 0.3) is 0 Å². The Balaban J connectivity index is 1.88. The molecule has 0 amide bonds. The number of aromatic carboxylic acids is 1. The normalized spacial score (nSPS) is 24.8. The number of aromatic nitrogens is 1. The molecule has 0 bridgehead atoms. The first kappa shape index (κ1) is 17.5. The highest BCUT2D eigenvalue weighted by Crippen LogP contribution is 2.44. The third kappa shape index (κ3) is 3.06. The van der Waals surface area contributed by atoms with Gasteiger partial charge < -0.3 is 19.0 Å². The summed E-state index contributed by atoms with van der Waals surface area (Å²) in [6.45, 7) is 2.38. The quantitative estimate of drug-likeness (QED) is 0.818. The first-order valence-electron chi connectivity index (χ1n) is 8.91. The maximum absolute atomic E-state index is 11.9. The van der Waals surface area contributed by atoms with Crippen molar-refractivity contribution < 1.29 is 28.6 Å². The summed E-state index contributed by atoms with van der Waals surface area (Å²) in [5, 5.41) is 9.52. The Bertz CT molecular complexity index is 858. The van der Waals surface area contributed by atoms with E-state index in [0.29, 0.717) is 24.3 Å². The molecule has 2 aromatic rings. The summed E-state index contributed by atoms with van der Waals surface area (Å²) in [6.07, 6.45) is 3.81. The third-order valence-electron chi connectivity index (χ3n) is 4.92. The summed E-state index contributed by atoms with van der Waals surface area (Å²) in [4.78, 5) is 29.6. The lowest BCUT2D eigenvalue weighted by molar-refractivity contribution is -0.118. The van der Waals surface area contributed by atoms with Crippen LogP contribution in [0.15, 0.2) is 28.8 Å². The molecule has 1 aromatic carbocycles. The molecule has 0 spiro atoms. The molecule has 2 unspecified atom stereocenters. The second-order valence-corrected chi connectivity index (χ2v) is 6.70. The molecule has 1 aromatic heterocycles. The number of anilines is 2. The summed E-state index contributed by atoms with van der Waals surface area (Å²) in [5.74, 6) is -0.393. The lowest BCUT2D eigenvalue weighted by atomic mass is 9.94. The Hall–Kier alpha value is -2.87. The number of nitrogens with zero attached hydrogens (tertiary/aromatic N) is 2. The van der Waals surface area contributed by atoms with Gasteiger partial charge in [-0.15, -0.1) is 0 Å². The fraction of sp³-hybridized carbons (Fsp3) is 0.421. The summed E-state index contributed by atoms with van der Waals surface area (Å²) in [6, 6.07) is 4.59. The molecule has 8 nitrogen and oxygen atoms in total. The summed E-state index contributed by atoms with van der Waals surface area (Å²) in [7, 11) is 0. The fourth-order valence-electron chi connectivity index (χ4n) is 3.73. The van der Waals surface area contributed by atoms with Crippen molar-refractivity contribution in [1.29, 1.82) is 0 Å². The number of aldehydes is 1. The zero-order valence-corrected chi connectivity index (χ0v) is 14.8. The molecule has 27 heavy (non-hydrogen) atoms. The standard InChI is InChI=1S/C19H20N2O6/c1-11-9-20-19(26-11)21-13-6-4-5-12(18(23)24)17(13)27-15(10-22)16(21)14-7-2-3-8-25-14/h4-6,9-10,14-16H,2-3,7-8H2,1H3,(H,23,24)/t14?,15-,16?/m1/s1. The number of carboxylic acid groups (broad SMARTS) is 1. The lowest BCUT2D eigenvalue weighted by Gasteiger charge is -2.44. The predicted octanol–water partition coefficient (Wildman–Crippen LogP) is 2.72. The van der Waals surface area contributed by atoms with Crippen molar-refractivity contribution in [3.63, 3.8) is 0 Å². The number of carbonyl (C=O) groups is 2. The van der Waals surface area contributed by atoms with Gasteiger partial charge in [-0.2, -0.15) is 0 Å². The number of rotatable bonds is 4. The van der Waals surface area contributed by atoms with Crippen LogP contribution in [0, 0.1) is 6.92 Å². The maximum atomic E-state index is 11.9. The molecule has 8 heteroatoms. The number of para-hydroxylation sites is 1. The van der Waals surface area contributed by atoms with Crippen LogP contribution in [0.2, 0.25) is 0 Å². The minimum absolute atomic E-state index is 0.0179. The van der Waals surface area contributed by atoms with E-state index in [0.717, 1.165) is 19.3 Å². The molecule has 0 saturated carbocycles. The summed E-state index contributed by atoms with van der Waals surface area (Å²) in [5.41, 5.74) is 0.477. The number of benzene rings is 1. The molecule has 4 rings (SSSR count). The van der Waals surface area contributed by atoms with Gasteiger partial charge in [0.15, 0.2) is 18.1 Å². The van der Waals surface area contributed by atoms with Gasteiger partial charge in [0.05, 0.1) is 18.0 Å². The average molecular weight is 372 g/mol. The van der Waals surface area contributed by atoms with Gasteiger partial charge in [-0.3, -0.25) is 9.69 Å². The summed E-state index contributed by atoms with van der Waals surface area (Å²) < 4.78 is 17.5. The molecular weight excluding hydrogens is 352 g/mol. The van der Waals surface area contributed by atoms with E-state index in [1.54, 1.807) is 30.2 Å². The largest absolute Gasteiger partial charge is 0.478 e. The van der Waals surface area contributed by atoms with Gasteiger partial charge in [-0.05, 0) is 38.3 Å². The lowest BCUT2D eigenvalue weighted by Crippen LogP contribution is -2.56. The monoisotopic (exact) mass is 372 g/mol. The number of oxazole rings is 1. The van der Waals surface area contributed by atoms with Gasteiger partial charge >= 0.3 is 12.0 Å². The van der Waals surface area contributed by atoms with Crippen LogP contribution in [0.1, 0.15) is 35.4 Å². The average Bonchev–Trinajstić information content (AvgIpc) is 3.12. The highest BCUT2D eigenvalue weighted by atomic mass is 16.5. The molecule has 3 heterocycles. The number of fused-ring (bicyclic) bond motifs is 1. The maximum Gasteiger partial charge on any atom is 0.339 e. The van der Waals surface area contributed by atoms with Crippen molar-refractivity contribution in [2.24, 2.45) is 0 Å². The molecule has 1 N–H and O–H groups in total. The second kappa shape index (κ2) is 7.03. The van der Waals surface area contributed by atoms with E-state index in [-0.39, 0.29) is 23.4 Å². The number of aryl methyl sites for hydroxylation is 1. The molecule has 1 fully saturated rings. The van der Waals surface area contributed by atoms with Crippen LogP contribution < -0.4 is 9.64 Å². The van der Waals surface area contributed by atoms with Crippen molar-refractivity contribution in [1.82, 2.24) is 4.98 Å². The van der Waals surface area contributed by atoms with E-state index in [1.165, 1.54) is 6.07 Å². The van der Waals surface area contributed by atoms with E-state index >= 15 is 0 Å². The SMILES string of the molecule is Cc1cnc(N2c3cccc(C(=O)O)c3O[C@H](C=O)C2C2CCCCO2)o1.